The van der Waals surface area contributed by atoms with Gasteiger partial charge in [0.05, 0.1) is 6.04 Å². The minimum atomic E-state index is -1.15. The molecule has 3 rings (SSSR count). The number of piperazine rings is 1. The summed E-state index contributed by atoms with van der Waals surface area (Å²) in [5.41, 5.74) is 0.0691. The zero-order valence-corrected chi connectivity index (χ0v) is 25.2. The summed E-state index contributed by atoms with van der Waals surface area (Å²) >= 11 is 0. The van der Waals surface area contributed by atoms with E-state index in [0.717, 1.165) is 17.4 Å². The van der Waals surface area contributed by atoms with Crippen molar-refractivity contribution in [2.75, 3.05) is 13.1 Å². The third-order valence-electron chi connectivity index (χ3n) is 6.62. The SMILES string of the molecule is C[C@H]1C(=O)N([C@@H](CC=O)C(O[SiH2]C(C)(C)C)(c2ccccc2)c2ccccc2)CCN1C(=O)OC(C)(C)C. The molecule has 0 spiro atoms. The molecule has 2 atom stereocenters. The normalized spacial score (nSPS) is 18.1. The van der Waals surface area contributed by atoms with Gasteiger partial charge in [-0.3, -0.25) is 9.69 Å². The monoisotopic (exact) mass is 538 g/mol. The Balaban J connectivity index is 2.13. The van der Waals surface area contributed by atoms with Crippen LogP contribution in [0, 0.1) is 0 Å². The highest BCUT2D eigenvalue weighted by molar-refractivity contribution is 6.32. The van der Waals surface area contributed by atoms with E-state index >= 15 is 0 Å². The first-order valence-corrected chi connectivity index (χ1v) is 14.6. The van der Waals surface area contributed by atoms with E-state index < -0.39 is 39.1 Å². The number of nitrogens with zero attached hydrogens (tertiary/aromatic N) is 2. The lowest BCUT2D eigenvalue weighted by Gasteiger charge is -2.50. The first kappa shape index (κ1) is 29.6. The maximum absolute atomic E-state index is 13.9. The van der Waals surface area contributed by atoms with Crippen LogP contribution in [0.15, 0.2) is 60.7 Å². The fourth-order valence-electron chi connectivity index (χ4n) is 4.89. The van der Waals surface area contributed by atoms with E-state index in [-0.39, 0.29) is 23.9 Å². The van der Waals surface area contributed by atoms with Gasteiger partial charge in [0.25, 0.3) is 0 Å². The van der Waals surface area contributed by atoms with Crippen LogP contribution < -0.4 is 0 Å². The molecule has 1 fully saturated rings. The molecular weight excluding hydrogens is 496 g/mol. The lowest BCUT2D eigenvalue weighted by atomic mass is 9.77. The standard InChI is InChI=1S/C30H42N2O5Si/c1-22-26(34)32(20-19-31(22)27(35)36-28(2,3)4)25(18-21-33)30(37-38-29(5,6)7,23-14-10-8-11-15-23)24-16-12-9-13-17-24/h8-17,21-22,25H,18-20,38H2,1-7H3/t22-,25-/m0/s1. The Bertz CT molecular complexity index is 1060. The van der Waals surface area contributed by atoms with Crippen LogP contribution in [0.3, 0.4) is 0 Å². The van der Waals surface area contributed by atoms with Gasteiger partial charge < -0.3 is 18.9 Å². The van der Waals surface area contributed by atoms with E-state index in [1.807, 2.05) is 60.7 Å². The van der Waals surface area contributed by atoms with Crippen molar-refractivity contribution in [3.63, 3.8) is 0 Å². The summed E-state index contributed by atoms with van der Waals surface area (Å²) in [6, 6.07) is 18.4. The van der Waals surface area contributed by atoms with Gasteiger partial charge in [-0.25, -0.2) is 4.79 Å². The third-order valence-corrected chi connectivity index (χ3v) is 8.09. The summed E-state index contributed by atoms with van der Waals surface area (Å²) in [7, 11) is -1.15. The van der Waals surface area contributed by atoms with E-state index in [1.54, 1.807) is 32.6 Å². The molecule has 1 aliphatic heterocycles. The van der Waals surface area contributed by atoms with Gasteiger partial charge in [0.1, 0.15) is 23.5 Å². The molecule has 1 aliphatic rings. The second-order valence-corrected chi connectivity index (χ2v) is 14.8. The number of rotatable bonds is 8. The van der Waals surface area contributed by atoms with Gasteiger partial charge in [-0.05, 0) is 43.9 Å². The predicted molar refractivity (Wildman–Crippen MR) is 152 cm³/mol. The zero-order valence-electron chi connectivity index (χ0n) is 23.8. The first-order chi connectivity index (χ1) is 17.8. The lowest BCUT2D eigenvalue weighted by Crippen LogP contribution is -2.65. The molecule has 0 aromatic heterocycles. The minimum absolute atomic E-state index is 0.0345. The van der Waals surface area contributed by atoms with Crippen LogP contribution in [-0.4, -0.2) is 68.6 Å². The number of benzene rings is 2. The molecule has 0 bridgehead atoms. The quantitative estimate of drug-likeness (QED) is 0.361. The number of carbonyl (C=O) groups excluding carboxylic acids is 3. The number of ether oxygens (including phenoxy) is 1. The van der Waals surface area contributed by atoms with Crippen molar-refractivity contribution in [1.82, 2.24) is 9.80 Å². The summed E-state index contributed by atoms with van der Waals surface area (Å²) in [6.45, 7) is 14.2. The largest absolute Gasteiger partial charge is 0.444 e. The van der Waals surface area contributed by atoms with Gasteiger partial charge in [-0.2, -0.15) is 0 Å². The molecule has 7 nitrogen and oxygen atoms in total. The molecule has 0 radical (unpaired) electrons. The average molecular weight is 539 g/mol. The lowest BCUT2D eigenvalue weighted by molar-refractivity contribution is -0.149. The van der Waals surface area contributed by atoms with Gasteiger partial charge in [-0.1, -0.05) is 81.4 Å². The Morgan fingerprint density at radius 1 is 0.974 bits per heavy atom. The number of amides is 2. The van der Waals surface area contributed by atoms with Gasteiger partial charge in [-0.15, -0.1) is 0 Å². The smallest absolute Gasteiger partial charge is 0.411 e. The van der Waals surface area contributed by atoms with Crippen molar-refractivity contribution >= 4 is 28.0 Å². The highest BCUT2D eigenvalue weighted by atomic mass is 28.2. The van der Waals surface area contributed by atoms with Crippen LogP contribution in [0.4, 0.5) is 4.79 Å². The summed E-state index contributed by atoms with van der Waals surface area (Å²) in [4.78, 5) is 42.3. The Morgan fingerprint density at radius 2 is 1.50 bits per heavy atom. The van der Waals surface area contributed by atoms with E-state index in [4.69, 9.17) is 9.16 Å². The molecule has 8 heteroatoms. The summed E-state index contributed by atoms with van der Waals surface area (Å²) in [6.07, 6.45) is 0.442. The van der Waals surface area contributed by atoms with Crippen molar-refractivity contribution in [3.8, 4) is 0 Å². The van der Waals surface area contributed by atoms with Crippen molar-refractivity contribution in [1.29, 1.82) is 0 Å². The van der Waals surface area contributed by atoms with Crippen LogP contribution in [-0.2, 0) is 24.4 Å². The van der Waals surface area contributed by atoms with Crippen LogP contribution in [0.2, 0.25) is 5.04 Å². The topological polar surface area (TPSA) is 76.2 Å². The van der Waals surface area contributed by atoms with E-state index in [2.05, 4.69) is 20.8 Å². The highest BCUT2D eigenvalue weighted by Crippen LogP contribution is 2.43. The van der Waals surface area contributed by atoms with Crippen LogP contribution >= 0.6 is 0 Å². The number of hydrogen-bond donors (Lipinski definition) is 0. The molecule has 206 valence electrons. The minimum Gasteiger partial charge on any atom is -0.444 e. The van der Waals surface area contributed by atoms with Crippen molar-refractivity contribution in [2.45, 2.75) is 83.2 Å². The fourth-order valence-corrected chi connectivity index (χ4v) is 6.08. The molecule has 1 saturated heterocycles. The molecular formula is C30H42N2O5Si. The van der Waals surface area contributed by atoms with Gasteiger partial charge in [0, 0.05) is 19.5 Å². The molecule has 2 amide bonds. The Hall–Kier alpha value is -2.97. The Kier molecular flexibility index (Phi) is 9.20. The van der Waals surface area contributed by atoms with Crippen molar-refractivity contribution in [2.24, 2.45) is 0 Å². The zero-order chi connectivity index (χ0) is 28.1. The van der Waals surface area contributed by atoms with E-state index in [1.165, 1.54) is 4.90 Å². The Labute approximate surface area is 229 Å². The molecule has 2 aromatic carbocycles. The summed E-state index contributed by atoms with van der Waals surface area (Å²) in [5, 5.41) is -0.0345. The Morgan fingerprint density at radius 3 is 1.95 bits per heavy atom. The number of aldehydes is 1. The van der Waals surface area contributed by atoms with Crippen molar-refractivity contribution < 1.29 is 23.5 Å². The van der Waals surface area contributed by atoms with Crippen molar-refractivity contribution in [3.05, 3.63) is 71.8 Å². The maximum Gasteiger partial charge on any atom is 0.411 e. The summed E-state index contributed by atoms with van der Waals surface area (Å²) < 4.78 is 12.6. The van der Waals surface area contributed by atoms with Gasteiger partial charge in [0.2, 0.25) is 5.91 Å². The molecule has 0 N–H and O–H groups in total. The van der Waals surface area contributed by atoms with Gasteiger partial charge >= 0.3 is 6.09 Å². The van der Waals surface area contributed by atoms with E-state index in [9.17, 15) is 14.4 Å². The summed E-state index contributed by atoms with van der Waals surface area (Å²) in [5.74, 6) is -0.230. The predicted octanol–water partition coefficient (Wildman–Crippen LogP) is 4.67. The maximum atomic E-state index is 13.9. The molecule has 0 saturated carbocycles. The van der Waals surface area contributed by atoms with Crippen LogP contribution in [0.25, 0.3) is 0 Å². The average Bonchev–Trinajstić information content (AvgIpc) is 2.85. The highest BCUT2D eigenvalue weighted by Gasteiger charge is 2.50. The molecule has 0 aliphatic carbocycles. The first-order valence-electron chi connectivity index (χ1n) is 13.3. The fraction of sp³-hybridized carbons (Fsp3) is 0.500. The van der Waals surface area contributed by atoms with Crippen LogP contribution in [0.1, 0.15) is 66.0 Å². The van der Waals surface area contributed by atoms with Gasteiger partial charge in [0.15, 0.2) is 9.76 Å². The molecule has 38 heavy (non-hydrogen) atoms. The second kappa shape index (κ2) is 11.8. The van der Waals surface area contributed by atoms with Crippen LogP contribution in [0.5, 0.6) is 0 Å². The third kappa shape index (κ3) is 6.72. The van der Waals surface area contributed by atoms with E-state index in [0.29, 0.717) is 6.54 Å². The number of carbonyl (C=O) groups is 3. The number of hydrogen-bond acceptors (Lipinski definition) is 5. The molecule has 0 unspecified atom stereocenters. The molecule has 2 aromatic rings. The second-order valence-electron chi connectivity index (χ2n) is 12.1. The molecule has 1 heterocycles.